The molecule has 3 rings (SSSR count). The lowest BCUT2D eigenvalue weighted by molar-refractivity contribution is 0.0647. The fraction of sp³-hybridized carbons (Fsp3) is 1.00. The van der Waals surface area contributed by atoms with Gasteiger partial charge in [0.05, 0.1) is 0 Å². The summed E-state index contributed by atoms with van der Waals surface area (Å²) in [5.74, 6) is 0. The van der Waals surface area contributed by atoms with Gasteiger partial charge in [-0.15, -0.1) is 0 Å². The Morgan fingerprint density at radius 3 is 1.06 bits per heavy atom. The van der Waals surface area contributed by atoms with E-state index in [9.17, 15) is 0 Å². The van der Waals surface area contributed by atoms with E-state index in [0.29, 0.717) is 0 Å². The highest BCUT2D eigenvalue weighted by atomic mass is 15.3. The van der Waals surface area contributed by atoms with E-state index >= 15 is 0 Å². The summed E-state index contributed by atoms with van der Waals surface area (Å²) >= 11 is 0. The van der Waals surface area contributed by atoms with Gasteiger partial charge < -0.3 is 4.90 Å². The third kappa shape index (κ3) is 6.17. The largest absolute Gasteiger partial charge is 0.303 e. The maximum absolute atomic E-state index is 2.54. The number of rotatable bonds is 6. The first kappa shape index (κ1) is 15.9. The summed E-state index contributed by atoms with van der Waals surface area (Å²) in [4.78, 5) is 7.63. The smallest absolute Gasteiger partial charge is 0.0110 e. The number of nitrogens with zero attached hydrogens (tertiary/aromatic N) is 3. The van der Waals surface area contributed by atoms with E-state index in [4.69, 9.17) is 0 Å². The van der Waals surface area contributed by atoms with Crippen molar-refractivity contribution in [3.8, 4) is 0 Å². The lowest BCUT2D eigenvalue weighted by Gasteiger charge is -2.41. The summed E-state index contributed by atoms with van der Waals surface area (Å²) in [6.07, 6.45) is 3.88. The van der Waals surface area contributed by atoms with E-state index in [2.05, 4.69) is 35.5 Å². The van der Waals surface area contributed by atoms with Crippen LogP contribution >= 0.6 is 0 Å². The van der Waals surface area contributed by atoms with Crippen LogP contribution in [-0.2, 0) is 0 Å². The molecule has 3 fully saturated rings. The van der Waals surface area contributed by atoms with Crippen LogP contribution in [0.15, 0.2) is 0 Å². The van der Waals surface area contributed by atoms with E-state index in [1.54, 1.807) is 0 Å². The molecule has 3 heteroatoms. The summed E-state index contributed by atoms with van der Waals surface area (Å²) in [7, 11) is 0. The fourth-order valence-corrected chi connectivity index (χ4v) is 2.80. The van der Waals surface area contributed by atoms with Crippen molar-refractivity contribution in [3.63, 3.8) is 0 Å². The molecule has 3 aliphatic heterocycles. The fourth-order valence-electron chi connectivity index (χ4n) is 2.80. The topological polar surface area (TPSA) is 9.72 Å². The highest BCUT2D eigenvalue weighted by Gasteiger charge is 2.21. The minimum Gasteiger partial charge on any atom is -0.303 e. The summed E-state index contributed by atoms with van der Waals surface area (Å²) in [5, 5.41) is 0. The van der Waals surface area contributed by atoms with Crippen LogP contribution in [0, 0.1) is 0 Å². The predicted octanol–water partition coefficient (Wildman–Crippen LogP) is 2.14. The molecule has 0 atom stereocenters. The molecular formula is C15H33N3. The standard InChI is InChI=1S/C9H21N.C6H12N2/c1-4-7-10(8-5-2)9-6-3;1-2-8-5-3-7(1)4-6-8/h4-9H2,1-3H3;1-6H2. The van der Waals surface area contributed by atoms with Gasteiger partial charge in [0.15, 0.2) is 0 Å². The van der Waals surface area contributed by atoms with E-state index in [1.807, 2.05) is 0 Å². The van der Waals surface area contributed by atoms with Crippen molar-refractivity contribution in [2.24, 2.45) is 0 Å². The first-order chi connectivity index (χ1) is 8.80. The molecule has 0 amide bonds. The zero-order valence-electron chi connectivity index (χ0n) is 12.8. The average Bonchev–Trinajstić information content (AvgIpc) is 2.43. The molecule has 0 radical (unpaired) electrons. The molecule has 108 valence electrons. The van der Waals surface area contributed by atoms with Crippen LogP contribution in [0.3, 0.4) is 0 Å². The highest BCUT2D eigenvalue weighted by molar-refractivity contribution is 4.78. The van der Waals surface area contributed by atoms with Gasteiger partial charge >= 0.3 is 0 Å². The van der Waals surface area contributed by atoms with Crippen molar-refractivity contribution in [1.82, 2.24) is 14.7 Å². The molecule has 0 aromatic carbocycles. The van der Waals surface area contributed by atoms with Crippen molar-refractivity contribution in [2.75, 3.05) is 58.9 Å². The van der Waals surface area contributed by atoms with Crippen LogP contribution in [0.4, 0.5) is 0 Å². The molecule has 0 aromatic rings. The van der Waals surface area contributed by atoms with Gasteiger partial charge in [0, 0.05) is 39.3 Å². The van der Waals surface area contributed by atoms with Crippen molar-refractivity contribution < 1.29 is 0 Å². The number of piperazine rings is 3. The minimum atomic E-state index is 1.28. The normalized spacial score (nSPS) is 26.0. The van der Waals surface area contributed by atoms with Gasteiger partial charge in [0.1, 0.15) is 0 Å². The Balaban J connectivity index is 0.000000182. The average molecular weight is 255 g/mol. The number of hydrogen-bond acceptors (Lipinski definition) is 3. The van der Waals surface area contributed by atoms with Gasteiger partial charge in [-0.05, 0) is 38.9 Å². The molecular weight excluding hydrogens is 222 g/mol. The summed E-state index contributed by atoms with van der Waals surface area (Å²) in [6, 6.07) is 0. The second-order valence-corrected chi connectivity index (χ2v) is 5.52. The van der Waals surface area contributed by atoms with Gasteiger partial charge in [0.2, 0.25) is 0 Å². The molecule has 0 spiro atoms. The summed E-state index contributed by atoms with van der Waals surface area (Å²) in [6.45, 7) is 18.5. The maximum atomic E-state index is 2.54. The van der Waals surface area contributed by atoms with Crippen molar-refractivity contribution >= 4 is 0 Å². The quantitative estimate of drug-likeness (QED) is 0.720. The lowest BCUT2D eigenvalue weighted by Crippen LogP contribution is -2.55. The molecule has 18 heavy (non-hydrogen) atoms. The van der Waals surface area contributed by atoms with Gasteiger partial charge in [-0.3, -0.25) is 9.80 Å². The summed E-state index contributed by atoms with van der Waals surface area (Å²) < 4.78 is 0. The van der Waals surface area contributed by atoms with Crippen LogP contribution in [0.25, 0.3) is 0 Å². The number of fused-ring (bicyclic) bond motifs is 3. The highest BCUT2D eigenvalue weighted by Crippen LogP contribution is 2.06. The summed E-state index contributed by atoms with van der Waals surface area (Å²) in [5.41, 5.74) is 0. The molecule has 0 N–H and O–H groups in total. The molecule has 3 aliphatic rings. The second-order valence-electron chi connectivity index (χ2n) is 5.52. The van der Waals surface area contributed by atoms with Gasteiger partial charge in [-0.2, -0.15) is 0 Å². The Hall–Kier alpha value is -0.120. The first-order valence-corrected chi connectivity index (χ1v) is 7.97. The van der Waals surface area contributed by atoms with Crippen LogP contribution in [0.2, 0.25) is 0 Å². The third-order valence-electron chi connectivity index (χ3n) is 3.82. The molecule has 0 unspecified atom stereocenters. The van der Waals surface area contributed by atoms with Gasteiger partial charge in [-0.1, -0.05) is 20.8 Å². The SMILES string of the molecule is C1CN2CCN1CC2.CCCN(CCC)CCC. The second kappa shape index (κ2) is 9.76. The third-order valence-corrected chi connectivity index (χ3v) is 3.82. The van der Waals surface area contributed by atoms with Crippen LogP contribution in [-0.4, -0.2) is 73.6 Å². The Morgan fingerprint density at radius 2 is 0.889 bits per heavy atom. The Labute approximate surface area is 114 Å². The first-order valence-electron chi connectivity index (χ1n) is 7.97. The molecule has 3 nitrogen and oxygen atoms in total. The monoisotopic (exact) mass is 255 g/mol. The number of hydrogen-bond donors (Lipinski definition) is 0. The van der Waals surface area contributed by atoms with Crippen LogP contribution in [0.5, 0.6) is 0 Å². The van der Waals surface area contributed by atoms with Crippen molar-refractivity contribution in [2.45, 2.75) is 40.0 Å². The molecule has 0 saturated carbocycles. The van der Waals surface area contributed by atoms with E-state index < -0.39 is 0 Å². The molecule has 3 heterocycles. The molecule has 0 aliphatic carbocycles. The van der Waals surface area contributed by atoms with Crippen LogP contribution in [0.1, 0.15) is 40.0 Å². The molecule has 2 bridgehead atoms. The predicted molar refractivity (Wildman–Crippen MR) is 80.2 cm³/mol. The molecule has 3 saturated heterocycles. The van der Waals surface area contributed by atoms with Crippen LogP contribution < -0.4 is 0 Å². The zero-order chi connectivity index (χ0) is 13.2. The molecule has 0 aromatic heterocycles. The maximum Gasteiger partial charge on any atom is 0.0110 e. The zero-order valence-corrected chi connectivity index (χ0v) is 12.8. The van der Waals surface area contributed by atoms with Crippen molar-refractivity contribution in [3.05, 3.63) is 0 Å². The van der Waals surface area contributed by atoms with Gasteiger partial charge in [0.25, 0.3) is 0 Å². The Morgan fingerprint density at radius 1 is 0.611 bits per heavy atom. The van der Waals surface area contributed by atoms with E-state index in [-0.39, 0.29) is 0 Å². The van der Waals surface area contributed by atoms with E-state index in [1.165, 1.54) is 78.2 Å². The van der Waals surface area contributed by atoms with Gasteiger partial charge in [-0.25, -0.2) is 0 Å². The van der Waals surface area contributed by atoms with Crippen molar-refractivity contribution in [1.29, 1.82) is 0 Å². The lowest BCUT2D eigenvalue weighted by atomic mass is 10.2. The van der Waals surface area contributed by atoms with E-state index in [0.717, 1.165) is 0 Å². The Kier molecular flexibility index (Phi) is 8.64. The minimum absolute atomic E-state index is 1.28. The Bertz CT molecular complexity index is 151.